The van der Waals surface area contributed by atoms with E-state index in [1.807, 2.05) is 0 Å². The third-order valence-electron chi connectivity index (χ3n) is 3.53. The molecule has 0 fully saturated rings. The molecule has 0 bridgehead atoms. The normalized spacial score (nSPS) is 12.0. The van der Waals surface area contributed by atoms with E-state index in [1.54, 1.807) is 12.1 Å². The molecule has 0 spiro atoms. The van der Waals surface area contributed by atoms with Crippen LogP contribution in [-0.4, -0.2) is 46.5 Å². The lowest BCUT2D eigenvalue weighted by Gasteiger charge is -2.12. The highest BCUT2D eigenvalue weighted by atomic mass is 32.2. The number of nitrogens with one attached hydrogen (secondary N) is 2. The largest absolute Gasteiger partial charge is 0.398 e. The van der Waals surface area contributed by atoms with E-state index in [2.05, 4.69) is 10.0 Å². The first kappa shape index (κ1) is 23.2. The average Bonchev–Trinajstić information content (AvgIpc) is 2.67. The number of halogens is 3. The fourth-order valence-electron chi connectivity index (χ4n) is 2.22. The molecule has 0 aromatic heterocycles. The molecule has 0 atom stereocenters. The SMILES string of the molecule is COCCNS(=O)(=O)c1cccc(C(=O)Nc2ccccc2SCC(F)(F)F)c1. The Labute approximate surface area is 170 Å². The van der Waals surface area contributed by atoms with Gasteiger partial charge in [0.1, 0.15) is 0 Å². The second-order valence-corrected chi connectivity index (χ2v) is 8.56. The number of ether oxygens (including phenoxy) is 1. The van der Waals surface area contributed by atoms with Gasteiger partial charge in [0.2, 0.25) is 10.0 Å². The number of benzene rings is 2. The minimum atomic E-state index is -4.35. The molecule has 0 saturated carbocycles. The predicted molar refractivity (Wildman–Crippen MR) is 105 cm³/mol. The number of amides is 1. The van der Waals surface area contributed by atoms with Crippen LogP contribution in [0.5, 0.6) is 0 Å². The molecule has 0 unspecified atom stereocenters. The van der Waals surface area contributed by atoms with Crippen molar-refractivity contribution >= 4 is 33.4 Å². The summed E-state index contributed by atoms with van der Waals surface area (Å²) in [5.74, 6) is -1.74. The van der Waals surface area contributed by atoms with Gasteiger partial charge in [-0.2, -0.15) is 13.2 Å². The molecule has 0 aliphatic rings. The van der Waals surface area contributed by atoms with Crippen LogP contribution in [0.3, 0.4) is 0 Å². The molecule has 2 aromatic rings. The Bertz CT molecular complexity index is 950. The zero-order chi connectivity index (χ0) is 21.5. The number of carbonyl (C=O) groups is 1. The van der Waals surface area contributed by atoms with Gasteiger partial charge in [0.15, 0.2) is 0 Å². The summed E-state index contributed by atoms with van der Waals surface area (Å²) in [6.07, 6.45) is -4.35. The molecule has 2 N–H and O–H groups in total. The van der Waals surface area contributed by atoms with Crippen LogP contribution in [0.15, 0.2) is 58.3 Å². The molecule has 29 heavy (non-hydrogen) atoms. The molecule has 0 aliphatic carbocycles. The van der Waals surface area contributed by atoms with E-state index >= 15 is 0 Å². The quantitative estimate of drug-likeness (QED) is 0.453. The van der Waals surface area contributed by atoms with Crippen LogP contribution in [0.1, 0.15) is 10.4 Å². The van der Waals surface area contributed by atoms with Gasteiger partial charge < -0.3 is 10.1 Å². The van der Waals surface area contributed by atoms with Crippen molar-refractivity contribution in [1.82, 2.24) is 4.72 Å². The smallest absolute Gasteiger partial charge is 0.383 e. The van der Waals surface area contributed by atoms with Crippen molar-refractivity contribution in [2.45, 2.75) is 16.0 Å². The van der Waals surface area contributed by atoms with Crippen molar-refractivity contribution in [1.29, 1.82) is 0 Å². The van der Waals surface area contributed by atoms with E-state index in [0.717, 1.165) is 0 Å². The number of rotatable bonds is 9. The highest BCUT2D eigenvalue weighted by Gasteiger charge is 2.27. The highest BCUT2D eigenvalue weighted by Crippen LogP contribution is 2.32. The van der Waals surface area contributed by atoms with E-state index in [9.17, 15) is 26.4 Å². The van der Waals surface area contributed by atoms with Crippen LogP contribution >= 0.6 is 11.8 Å². The second kappa shape index (κ2) is 10.1. The second-order valence-electron chi connectivity index (χ2n) is 5.77. The van der Waals surface area contributed by atoms with Gasteiger partial charge in [0.05, 0.1) is 22.9 Å². The number of carbonyl (C=O) groups excluding carboxylic acids is 1. The Balaban J connectivity index is 2.16. The van der Waals surface area contributed by atoms with Gasteiger partial charge in [0, 0.05) is 24.1 Å². The van der Waals surface area contributed by atoms with Gasteiger partial charge >= 0.3 is 6.18 Å². The Morgan fingerprint density at radius 1 is 1.14 bits per heavy atom. The molecule has 2 rings (SSSR count). The van der Waals surface area contributed by atoms with E-state index in [1.165, 1.54) is 43.5 Å². The fourth-order valence-corrected chi connectivity index (χ4v) is 4.04. The fraction of sp³-hybridized carbons (Fsp3) is 0.278. The zero-order valence-electron chi connectivity index (χ0n) is 15.3. The lowest BCUT2D eigenvalue weighted by molar-refractivity contribution is -0.105. The summed E-state index contributed by atoms with van der Waals surface area (Å²) in [4.78, 5) is 12.7. The van der Waals surface area contributed by atoms with E-state index in [-0.39, 0.29) is 34.2 Å². The maximum atomic E-state index is 12.5. The molecule has 0 heterocycles. The Hall–Kier alpha value is -2.08. The van der Waals surface area contributed by atoms with Gasteiger partial charge in [0.25, 0.3) is 5.91 Å². The number of para-hydroxylation sites is 1. The van der Waals surface area contributed by atoms with Crippen molar-refractivity contribution in [2.24, 2.45) is 0 Å². The Morgan fingerprint density at radius 3 is 2.55 bits per heavy atom. The molecule has 0 saturated heterocycles. The lowest BCUT2D eigenvalue weighted by Crippen LogP contribution is -2.27. The van der Waals surface area contributed by atoms with Crippen LogP contribution in [0.25, 0.3) is 0 Å². The van der Waals surface area contributed by atoms with Crippen molar-refractivity contribution in [3.63, 3.8) is 0 Å². The van der Waals surface area contributed by atoms with Gasteiger partial charge in [-0.15, -0.1) is 11.8 Å². The lowest BCUT2D eigenvalue weighted by atomic mass is 10.2. The molecular formula is C18H19F3N2O4S2. The summed E-state index contributed by atoms with van der Waals surface area (Å²) >= 11 is 0.552. The summed E-state index contributed by atoms with van der Waals surface area (Å²) < 4.78 is 69.1. The average molecular weight is 448 g/mol. The number of anilines is 1. The number of sulfonamides is 1. The molecule has 2 aromatic carbocycles. The predicted octanol–water partition coefficient (Wildman–Crippen LogP) is 3.52. The van der Waals surface area contributed by atoms with E-state index in [0.29, 0.717) is 11.8 Å². The monoisotopic (exact) mass is 448 g/mol. The summed E-state index contributed by atoms with van der Waals surface area (Å²) in [7, 11) is -2.40. The highest BCUT2D eigenvalue weighted by molar-refractivity contribution is 7.99. The summed E-state index contributed by atoms with van der Waals surface area (Å²) in [5, 5.41) is 2.53. The van der Waals surface area contributed by atoms with Crippen molar-refractivity contribution in [3.05, 3.63) is 54.1 Å². The van der Waals surface area contributed by atoms with Gasteiger partial charge in [-0.25, -0.2) is 13.1 Å². The van der Waals surface area contributed by atoms with Crippen molar-refractivity contribution in [2.75, 3.05) is 31.3 Å². The van der Waals surface area contributed by atoms with Crippen molar-refractivity contribution < 1.29 is 31.1 Å². The number of hydrogen-bond acceptors (Lipinski definition) is 5. The molecule has 6 nitrogen and oxygen atoms in total. The summed E-state index contributed by atoms with van der Waals surface area (Å²) in [5.41, 5.74) is 0.258. The van der Waals surface area contributed by atoms with Crippen LogP contribution in [0, 0.1) is 0 Å². The molecular weight excluding hydrogens is 429 g/mol. The molecule has 1 amide bonds. The first-order valence-electron chi connectivity index (χ1n) is 8.31. The van der Waals surface area contributed by atoms with E-state index in [4.69, 9.17) is 4.74 Å². The van der Waals surface area contributed by atoms with E-state index < -0.39 is 27.9 Å². The van der Waals surface area contributed by atoms with Crippen LogP contribution in [0.2, 0.25) is 0 Å². The molecule has 0 radical (unpaired) electrons. The zero-order valence-corrected chi connectivity index (χ0v) is 17.0. The molecule has 11 heteroatoms. The standard InChI is InChI=1S/C18H19F3N2O4S2/c1-27-10-9-22-29(25,26)14-6-4-5-13(11-14)17(24)23-15-7-2-3-8-16(15)28-12-18(19,20)21/h2-8,11,22H,9-10,12H2,1H3,(H,23,24). The van der Waals surface area contributed by atoms with Crippen LogP contribution < -0.4 is 10.0 Å². The first-order chi connectivity index (χ1) is 13.6. The third kappa shape index (κ3) is 7.35. The summed E-state index contributed by atoms with van der Waals surface area (Å²) in [6, 6.07) is 11.4. The van der Waals surface area contributed by atoms with Gasteiger partial charge in [-0.3, -0.25) is 4.79 Å². The molecule has 158 valence electrons. The number of thioether (sulfide) groups is 1. The maximum Gasteiger partial charge on any atom is 0.398 e. The third-order valence-corrected chi connectivity index (χ3v) is 6.13. The summed E-state index contributed by atoms with van der Waals surface area (Å²) in [6.45, 7) is 0.255. The van der Waals surface area contributed by atoms with Gasteiger partial charge in [-0.05, 0) is 30.3 Å². The van der Waals surface area contributed by atoms with Crippen molar-refractivity contribution in [3.8, 4) is 0 Å². The minimum absolute atomic E-state index is 0.0511. The number of hydrogen-bond donors (Lipinski definition) is 2. The van der Waals surface area contributed by atoms with Crippen LogP contribution in [0.4, 0.5) is 18.9 Å². The van der Waals surface area contributed by atoms with Crippen LogP contribution in [-0.2, 0) is 14.8 Å². The Morgan fingerprint density at radius 2 is 1.86 bits per heavy atom. The number of methoxy groups -OCH3 is 1. The number of alkyl halides is 3. The Kier molecular flexibility index (Phi) is 8.08. The topological polar surface area (TPSA) is 84.5 Å². The van der Waals surface area contributed by atoms with Gasteiger partial charge in [-0.1, -0.05) is 18.2 Å². The maximum absolute atomic E-state index is 12.5. The first-order valence-corrected chi connectivity index (χ1v) is 10.8. The molecule has 0 aliphatic heterocycles. The minimum Gasteiger partial charge on any atom is -0.383 e.